The molecule has 1 nitrogen and oxygen atoms in total. The maximum absolute atomic E-state index is 5.96. The fourth-order valence-electron chi connectivity index (χ4n) is 2.95. The van der Waals surface area contributed by atoms with Crippen LogP contribution in [0.1, 0.15) is 28.2 Å². The first-order valence-corrected chi connectivity index (χ1v) is 7.11. The normalized spacial score (nSPS) is 17.7. The first-order chi connectivity index (χ1) is 9.13. The van der Waals surface area contributed by atoms with Gasteiger partial charge in [-0.3, -0.25) is 0 Å². The standard InChI is InChI=1S/C17H18ClN/c1-11-7-12(2)16-9-14(10-19-17(16)8-11)13-3-5-15(18)6-4-13/h3-8,14,19H,9-10H2,1-2H3. The van der Waals surface area contributed by atoms with E-state index in [1.807, 2.05) is 12.1 Å². The number of rotatable bonds is 1. The van der Waals surface area contributed by atoms with Gasteiger partial charge in [0, 0.05) is 23.2 Å². The fourth-order valence-corrected chi connectivity index (χ4v) is 3.07. The molecule has 2 aromatic carbocycles. The zero-order valence-electron chi connectivity index (χ0n) is 11.3. The summed E-state index contributed by atoms with van der Waals surface area (Å²) in [4.78, 5) is 0. The lowest BCUT2D eigenvalue weighted by atomic mass is 9.86. The summed E-state index contributed by atoms with van der Waals surface area (Å²) in [6.45, 7) is 5.36. The van der Waals surface area contributed by atoms with E-state index in [-0.39, 0.29) is 0 Å². The Bertz CT molecular complexity index is 601. The van der Waals surface area contributed by atoms with E-state index in [9.17, 15) is 0 Å². The van der Waals surface area contributed by atoms with Crippen LogP contribution >= 0.6 is 11.6 Å². The number of halogens is 1. The van der Waals surface area contributed by atoms with Gasteiger partial charge in [-0.2, -0.15) is 0 Å². The second-order valence-electron chi connectivity index (χ2n) is 5.44. The first-order valence-electron chi connectivity index (χ1n) is 6.73. The van der Waals surface area contributed by atoms with E-state index in [4.69, 9.17) is 11.6 Å². The van der Waals surface area contributed by atoms with Crippen LogP contribution in [0.4, 0.5) is 5.69 Å². The maximum atomic E-state index is 5.96. The lowest BCUT2D eigenvalue weighted by molar-refractivity contribution is 0.691. The van der Waals surface area contributed by atoms with E-state index in [0.717, 1.165) is 18.0 Å². The number of hydrogen-bond donors (Lipinski definition) is 1. The van der Waals surface area contributed by atoms with Crippen LogP contribution in [0.15, 0.2) is 36.4 Å². The molecule has 0 aromatic heterocycles. The Morgan fingerprint density at radius 1 is 1.11 bits per heavy atom. The molecule has 0 saturated carbocycles. The first kappa shape index (κ1) is 12.6. The number of benzene rings is 2. The molecule has 1 heterocycles. The van der Waals surface area contributed by atoms with E-state index in [1.165, 1.54) is 27.9 Å². The van der Waals surface area contributed by atoms with Crippen LogP contribution < -0.4 is 5.32 Å². The molecule has 2 aromatic rings. The average Bonchev–Trinajstić information content (AvgIpc) is 2.39. The number of hydrogen-bond acceptors (Lipinski definition) is 1. The van der Waals surface area contributed by atoms with Crippen molar-refractivity contribution in [3.63, 3.8) is 0 Å². The van der Waals surface area contributed by atoms with Gasteiger partial charge in [0.05, 0.1) is 0 Å². The van der Waals surface area contributed by atoms with Crippen LogP contribution in [-0.4, -0.2) is 6.54 Å². The van der Waals surface area contributed by atoms with Crippen LogP contribution in [0.3, 0.4) is 0 Å². The average molecular weight is 272 g/mol. The molecule has 0 saturated heterocycles. The molecule has 0 spiro atoms. The molecular weight excluding hydrogens is 254 g/mol. The van der Waals surface area contributed by atoms with Crippen molar-refractivity contribution in [3.05, 3.63) is 63.7 Å². The molecule has 3 rings (SSSR count). The highest BCUT2D eigenvalue weighted by molar-refractivity contribution is 6.30. The molecule has 1 aliphatic rings. The van der Waals surface area contributed by atoms with Crippen molar-refractivity contribution in [1.82, 2.24) is 0 Å². The molecule has 1 aliphatic heterocycles. The van der Waals surface area contributed by atoms with Crippen molar-refractivity contribution in [3.8, 4) is 0 Å². The molecule has 0 amide bonds. The predicted octanol–water partition coefficient (Wildman–Crippen LogP) is 4.71. The fraction of sp³-hybridized carbons (Fsp3) is 0.294. The van der Waals surface area contributed by atoms with Crippen molar-refractivity contribution in [2.45, 2.75) is 26.2 Å². The van der Waals surface area contributed by atoms with Crippen LogP contribution in [0.25, 0.3) is 0 Å². The molecular formula is C17H18ClN. The molecule has 1 atom stereocenters. The van der Waals surface area contributed by atoms with Crippen molar-refractivity contribution in [2.24, 2.45) is 0 Å². The van der Waals surface area contributed by atoms with Crippen molar-refractivity contribution < 1.29 is 0 Å². The second kappa shape index (κ2) is 4.90. The van der Waals surface area contributed by atoms with Gasteiger partial charge in [0.2, 0.25) is 0 Å². The van der Waals surface area contributed by atoms with Gasteiger partial charge in [0.25, 0.3) is 0 Å². The zero-order valence-corrected chi connectivity index (χ0v) is 12.1. The summed E-state index contributed by atoms with van der Waals surface area (Å²) in [6, 6.07) is 12.8. The van der Waals surface area contributed by atoms with Crippen molar-refractivity contribution in [2.75, 3.05) is 11.9 Å². The summed E-state index contributed by atoms with van der Waals surface area (Å²) < 4.78 is 0. The summed E-state index contributed by atoms with van der Waals surface area (Å²) in [6.07, 6.45) is 1.11. The van der Waals surface area contributed by atoms with Gasteiger partial charge in [0.1, 0.15) is 0 Å². The molecule has 1 unspecified atom stereocenters. The van der Waals surface area contributed by atoms with E-state index < -0.39 is 0 Å². The number of aryl methyl sites for hydroxylation is 2. The summed E-state index contributed by atoms with van der Waals surface area (Å²) in [5, 5.41) is 4.38. The Morgan fingerprint density at radius 2 is 1.84 bits per heavy atom. The van der Waals surface area contributed by atoms with Crippen LogP contribution in [0.5, 0.6) is 0 Å². The molecule has 98 valence electrons. The third kappa shape index (κ3) is 2.48. The van der Waals surface area contributed by atoms with Gasteiger partial charge in [-0.05, 0) is 60.7 Å². The topological polar surface area (TPSA) is 12.0 Å². The Morgan fingerprint density at radius 3 is 2.58 bits per heavy atom. The van der Waals surface area contributed by atoms with Crippen LogP contribution in [0, 0.1) is 13.8 Å². The highest BCUT2D eigenvalue weighted by Crippen LogP contribution is 2.33. The number of anilines is 1. The third-order valence-electron chi connectivity index (χ3n) is 3.95. The predicted molar refractivity (Wildman–Crippen MR) is 82.3 cm³/mol. The third-order valence-corrected chi connectivity index (χ3v) is 4.20. The highest BCUT2D eigenvalue weighted by Gasteiger charge is 2.21. The van der Waals surface area contributed by atoms with Crippen LogP contribution in [-0.2, 0) is 6.42 Å². The Kier molecular flexibility index (Phi) is 3.24. The zero-order chi connectivity index (χ0) is 13.4. The molecule has 1 N–H and O–H groups in total. The monoisotopic (exact) mass is 271 g/mol. The largest absolute Gasteiger partial charge is 0.384 e. The van der Waals surface area contributed by atoms with Crippen molar-refractivity contribution >= 4 is 17.3 Å². The smallest absolute Gasteiger partial charge is 0.0406 e. The van der Waals surface area contributed by atoms with Gasteiger partial charge in [0.15, 0.2) is 0 Å². The molecule has 0 radical (unpaired) electrons. The lowest BCUT2D eigenvalue weighted by Gasteiger charge is -2.28. The van der Waals surface area contributed by atoms with E-state index in [2.05, 4.69) is 43.4 Å². The quantitative estimate of drug-likeness (QED) is 0.792. The lowest BCUT2D eigenvalue weighted by Crippen LogP contribution is -2.22. The Labute approximate surface area is 119 Å². The van der Waals surface area contributed by atoms with Gasteiger partial charge in [-0.15, -0.1) is 0 Å². The van der Waals surface area contributed by atoms with Gasteiger partial charge < -0.3 is 5.32 Å². The Balaban J connectivity index is 1.92. The highest BCUT2D eigenvalue weighted by atomic mass is 35.5. The minimum atomic E-state index is 0.533. The molecule has 2 heteroatoms. The summed E-state index contributed by atoms with van der Waals surface area (Å²) in [5.74, 6) is 0.533. The second-order valence-corrected chi connectivity index (χ2v) is 5.88. The van der Waals surface area contributed by atoms with E-state index >= 15 is 0 Å². The van der Waals surface area contributed by atoms with Gasteiger partial charge in [-0.1, -0.05) is 29.8 Å². The summed E-state index contributed by atoms with van der Waals surface area (Å²) in [7, 11) is 0. The minimum Gasteiger partial charge on any atom is -0.384 e. The van der Waals surface area contributed by atoms with E-state index in [1.54, 1.807) is 0 Å². The molecule has 0 aliphatic carbocycles. The molecule has 0 bridgehead atoms. The number of fused-ring (bicyclic) bond motifs is 1. The molecule has 0 fully saturated rings. The van der Waals surface area contributed by atoms with Gasteiger partial charge in [-0.25, -0.2) is 0 Å². The Hall–Kier alpha value is -1.47. The molecule has 19 heavy (non-hydrogen) atoms. The van der Waals surface area contributed by atoms with E-state index in [0.29, 0.717) is 5.92 Å². The maximum Gasteiger partial charge on any atom is 0.0406 e. The van der Waals surface area contributed by atoms with Crippen LogP contribution in [0.2, 0.25) is 5.02 Å². The number of nitrogens with one attached hydrogen (secondary N) is 1. The summed E-state index contributed by atoms with van der Waals surface area (Å²) >= 11 is 5.96. The SMILES string of the molecule is Cc1cc(C)c2c(c1)NCC(c1ccc(Cl)cc1)C2. The van der Waals surface area contributed by atoms with Crippen molar-refractivity contribution in [1.29, 1.82) is 0 Å². The van der Waals surface area contributed by atoms with Gasteiger partial charge >= 0.3 is 0 Å². The summed E-state index contributed by atoms with van der Waals surface area (Å²) in [5.41, 5.74) is 6.84. The minimum absolute atomic E-state index is 0.533.